The summed E-state index contributed by atoms with van der Waals surface area (Å²) < 4.78 is 6.25. The van der Waals surface area contributed by atoms with Crippen LogP contribution in [0.2, 0.25) is 5.02 Å². The SMILES string of the molecule is CC(CCCC(=O)N(C)C[C@H](O)[C@@H](O)[C@H](O)[C@H](O)CO)c1ccc(Cl)c(CNC2(c3cnccc3-c3ccccc3OC3CC3)CC2)c1. The summed E-state index contributed by atoms with van der Waals surface area (Å²) in [5.41, 5.74) is 5.31. The van der Waals surface area contributed by atoms with Gasteiger partial charge in [-0.1, -0.05) is 48.9 Å². The van der Waals surface area contributed by atoms with E-state index >= 15 is 0 Å². The lowest BCUT2D eigenvalue weighted by Crippen LogP contribution is -2.49. The summed E-state index contributed by atoms with van der Waals surface area (Å²) in [6, 6.07) is 16.4. The molecule has 5 atom stereocenters. The van der Waals surface area contributed by atoms with Gasteiger partial charge in [0.15, 0.2) is 0 Å². The first-order chi connectivity index (χ1) is 23.0. The molecule has 0 saturated heterocycles. The van der Waals surface area contributed by atoms with Gasteiger partial charge in [0.05, 0.1) is 12.7 Å². The minimum absolute atomic E-state index is 0.171. The molecule has 2 aliphatic rings. The van der Waals surface area contributed by atoms with E-state index in [0.29, 0.717) is 24.1 Å². The number of halogens is 1. The summed E-state index contributed by atoms with van der Waals surface area (Å²) in [5, 5.41) is 53.1. The topological polar surface area (TPSA) is 156 Å². The van der Waals surface area contributed by atoms with Crippen molar-refractivity contribution in [3.05, 3.63) is 82.6 Å². The number of para-hydroxylation sites is 1. The number of nitrogens with zero attached hydrogens (tertiary/aromatic N) is 2. The zero-order chi connectivity index (χ0) is 34.4. The van der Waals surface area contributed by atoms with E-state index in [4.69, 9.17) is 21.4 Å². The standard InChI is InChI=1S/C37H48ClN3O7/c1-23(6-5-9-34(45)41(2)21-31(43)35(46)36(47)32(44)22-42)24-10-13-30(38)25(18-24)19-40-37(15-16-37)29-20-39-17-14-27(29)28-7-3-4-8-33(28)48-26-11-12-26/h3-4,7-8,10,13-14,17-18,20,23,26,31-32,35-36,40,42-44,46-47H,5-6,9,11-12,15-16,19,21-22H2,1-2H3/t23?,31-,32+,35+,36+/m0/s1. The number of hydrogen-bond donors (Lipinski definition) is 6. The molecule has 1 heterocycles. The normalized spacial score (nSPS) is 18.4. The molecular formula is C37H48ClN3O7. The summed E-state index contributed by atoms with van der Waals surface area (Å²) in [4.78, 5) is 18.5. The molecule has 6 N–H and O–H groups in total. The Morgan fingerprint density at radius 2 is 1.79 bits per heavy atom. The van der Waals surface area contributed by atoms with Crippen LogP contribution in [0.15, 0.2) is 60.9 Å². The largest absolute Gasteiger partial charge is 0.490 e. The number of likely N-dealkylation sites (N-methyl/N-ethyl adjacent to an activating group) is 1. The Bertz CT molecular complexity index is 1530. The molecule has 5 rings (SSSR count). The molecule has 0 bridgehead atoms. The average molecular weight is 682 g/mol. The summed E-state index contributed by atoms with van der Waals surface area (Å²) in [5.74, 6) is 0.870. The van der Waals surface area contributed by atoms with Crippen LogP contribution in [-0.2, 0) is 16.9 Å². The van der Waals surface area contributed by atoms with Crippen molar-refractivity contribution in [2.24, 2.45) is 0 Å². The highest BCUT2D eigenvalue weighted by Gasteiger charge is 2.46. The van der Waals surface area contributed by atoms with Crippen LogP contribution >= 0.6 is 11.6 Å². The molecule has 10 nitrogen and oxygen atoms in total. The quantitative estimate of drug-likeness (QED) is 0.117. The summed E-state index contributed by atoms with van der Waals surface area (Å²) in [7, 11) is 1.51. The van der Waals surface area contributed by atoms with Crippen LogP contribution in [0, 0.1) is 0 Å². The molecule has 3 aromatic rings. The number of hydrogen-bond acceptors (Lipinski definition) is 9. The van der Waals surface area contributed by atoms with Crippen molar-refractivity contribution < 1.29 is 35.1 Å². The van der Waals surface area contributed by atoms with E-state index < -0.39 is 31.0 Å². The van der Waals surface area contributed by atoms with Crippen LogP contribution in [0.5, 0.6) is 5.75 Å². The third kappa shape index (κ3) is 8.92. The Labute approximate surface area is 287 Å². The van der Waals surface area contributed by atoms with Crippen LogP contribution in [0.4, 0.5) is 0 Å². The summed E-state index contributed by atoms with van der Waals surface area (Å²) in [6.45, 7) is 1.73. The monoisotopic (exact) mass is 681 g/mol. The van der Waals surface area contributed by atoms with Crippen molar-refractivity contribution in [1.82, 2.24) is 15.2 Å². The van der Waals surface area contributed by atoms with Crippen molar-refractivity contribution in [3.8, 4) is 16.9 Å². The van der Waals surface area contributed by atoms with Crippen LogP contribution in [0.1, 0.15) is 74.5 Å². The molecule has 2 aliphatic carbocycles. The lowest BCUT2D eigenvalue weighted by atomic mass is 9.93. The average Bonchev–Trinajstić information content (AvgIpc) is 4.04. The highest BCUT2D eigenvalue weighted by molar-refractivity contribution is 6.31. The number of ether oxygens (including phenoxy) is 1. The molecule has 48 heavy (non-hydrogen) atoms. The first kappa shape index (κ1) is 36.2. The van der Waals surface area contributed by atoms with Gasteiger partial charge in [-0.15, -0.1) is 0 Å². The number of aliphatic hydroxyl groups is 5. The third-order valence-electron chi connectivity index (χ3n) is 9.58. The van der Waals surface area contributed by atoms with Crippen LogP contribution in [-0.4, -0.2) is 92.0 Å². The first-order valence-corrected chi connectivity index (χ1v) is 17.2. The highest BCUT2D eigenvalue weighted by atomic mass is 35.5. The Morgan fingerprint density at radius 1 is 1.06 bits per heavy atom. The van der Waals surface area contributed by atoms with E-state index in [1.165, 1.54) is 11.9 Å². The molecule has 1 amide bonds. The second-order valence-corrected chi connectivity index (χ2v) is 13.8. The van der Waals surface area contributed by atoms with Crippen molar-refractivity contribution in [3.63, 3.8) is 0 Å². The van der Waals surface area contributed by atoms with Gasteiger partial charge in [0.2, 0.25) is 5.91 Å². The molecule has 2 saturated carbocycles. The zero-order valence-corrected chi connectivity index (χ0v) is 28.4. The van der Waals surface area contributed by atoms with Gasteiger partial charge in [0.25, 0.3) is 0 Å². The molecule has 1 aromatic heterocycles. The number of amides is 1. The van der Waals surface area contributed by atoms with Crippen molar-refractivity contribution in [1.29, 1.82) is 0 Å². The third-order valence-corrected chi connectivity index (χ3v) is 9.95. The van der Waals surface area contributed by atoms with Crippen LogP contribution < -0.4 is 10.1 Å². The second-order valence-electron chi connectivity index (χ2n) is 13.4. The van der Waals surface area contributed by atoms with E-state index in [2.05, 4.69) is 35.4 Å². The summed E-state index contributed by atoms with van der Waals surface area (Å²) >= 11 is 6.69. The Morgan fingerprint density at radius 3 is 2.50 bits per heavy atom. The Kier molecular flexibility index (Phi) is 12.1. The zero-order valence-electron chi connectivity index (χ0n) is 27.6. The fourth-order valence-electron chi connectivity index (χ4n) is 6.11. The van der Waals surface area contributed by atoms with Gasteiger partial charge < -0.3 is 40.5 Å². The lowest BCUT2D eigenvalue weighted by molar-refractivity contribution is -0.138. The molecule has 1 unspecified atom stereocenters. The van der Waals surface area contributed by atoms with Crippen LogP contribution in [0.25, 0.3) is 11.1 Å². The van der Waals surface area contributed by atoms with Crippen molar-refractivity contribution in [2.75, 3.05) is 20.2 Å². The predicted molar refractivity (Wildman–Crippen MR) is 184 cm³/mol. The number of benzene rings is 2. The van der Waals surface area contributed by atoms with E-state index in [1.54, 1.807) is 0 Å². The fourth-order valence-corrected chi connectivity index (χ4v) is 6.29. The fraction of sp³-hybridized carbons (Fsp3) is 0.514. The minimum Gasteiger partial charge on any atom is -0.490 e. The van der Waals surface area contributed by atoms with Crippen LogP contribution in [0.3, 0.4) is 0 Å². The van der Waals surface area contributed by atoms with Gasteiger partial charge >= 0.3 is 0 Å². The van der Waals surface area contributed by atoms with E-state index in [0.717, 1.165) is 65.7 Å². The maximum atomic E-state index is 12.7. The molecular weight excluding hydrogens is 634 g/mol. The molecule has 0 spiro atoms. The number of nitrogens with one attached hydrogen (secondary N) is 1. The number of aromatic nitrogens is 1. The number of aliphatic hydroxyl groups excluding tert-OH is 5. The van der Waals surface area contributed by atoms with Crippen molar-refractivity contribution >= 4 is 17.5 Å². The Balaban J connectivity index is 1.16. The summed E-state index contributed by atoms with van der Waals surface area (Å²) in [6.07, 6.45) is 3.40. The molecule has 11 heteroatoms. The molecule has 2 fully saturated rings. The first-order valence-electron chi connectivity index (χ1n) is 16.8. The van der Waals surface area contributed by atoms with E-state index in [-0.39, 0.29) is 30.3 Å². The van der Waals surface area contributed by atoms with Gasteiger partial charge in [-0.25, -0.2) is 0 Å². The second kappa shape index (κ2) is 16.1. The maximum Gasteiger partial charge on any atom is 0.222 e. The maximum absolute atomic E-state index is 12.7. The highest BCUT2D eigenvalue weighted by Crippen LogP contribution is 2.50. The molecule has 260 valence electrons. The van der Waals surface area contributed by atoms with Crippen molar-refractivity contribution in [2.45, 2.75) is 100 Å². The Hall–Kier alpha value is -3.09. The smallest absolute Gasteiger partial charge is 0.222 e. The van der Waals surface area contributed by atoms with E-state index in [9.17, 15) is 25.2 Å². The minimum atomic E-state index is -1.73. The number of pyridine rings is 1. The van der Waals surface area contributed by atoms with Gasteiger partial charge in [-0.05, 0) is 84.9 Å². The predicted octanol–water partition coefficient (Wildman–Crippen LogP) is 3.89. The van der Waals surface area contributed by atoms with Gasteiger partial charge in [-0.2, -0.15) is 0 Å². The number of carbonyl (C=O) groups excluding carboxylic acids is 1. The lowest BCUT2D eigenvalue weighted by Gasteiger charge is -2.28. The molecule has 0 aliphatic heterocycles. The number of rotatable bonds is 18. The number of carbonyl (C=O) groups is 1. The molecule has 0 radical (unpaired) electrons. The van der Waals surface area contributed by atoms with Gasteiger partial charge in [0, 0.05) is 55.1 Å². The van der Waals surface area contributed by atoms with Gasteiger partial charge in [-0.3, -0.25) is 9.78 Å². The van der Waals surface area contributed by atoms with Gasteiger partial charge in [0.1, 0.15) is 30.2 Å². The van der Waals surface area contributed by atoms with E-state index in [1.807, 2.05) is 42.7 Å². The molecule has 2 aromatic carbocycles.